The Morgan fingerprint density at radius 3 is 2.75 bits per heavy atom. The third-order valence-corrected chi connectivity index (χ3v) is 3.33. The molecular formula is C12H17BrN2O. The molecule has 1 rings (SSSR count). The van der Waals surface area contributed by atoms with Crippen LogP contribution in [0.3, 0.4) is 0 Å². The maximum absolute atomic E-state index is 11.7. The molecule has 0 aliphatic rings. The van der Waals surface area contributed by atoms with Gasteiger partial charge in [-0.05, 0) is 18.1 Å². The van der Waals surface area contributed by atoms with Crippen LogP contribution in [0.4, 0.5) is 0 Å². The lowest BCUT2D eigenvalue weighted by molar-refractivity contribution is -0.124. The molecule has 1 atom stereocenters. The average Bonchev–Trinajstić information content (AvgIpc) is 2.29. The number of carbonyl (C=O) groups is 1. The predicted octanol–water partition coefficient (Wildman–Crippen LogP) is 2.05. The van der Waals surface area contributed by atoms with Crippen LogP contribution in [0, 0.1) is 5.92 Å². The van der Waals surface area contributed by atoms with Crippen LogP contribution in [0.25, 0.3) is 0 Å². The Kier molecular flexibility index (Phi) is 5.49. The molecule has 0 bridgehead atoms. The smallest absolute Gasteiger partial charge is 0.224 e. The molecule has 4 heteroatoms. The van der Waals surface area contributed by atoms with Gasteiger partial charge in [-0.2, -0.15) is 0 Å². The summed E-state index contributed by atoms with van der Waals surface area (Å²) in [5.41, 5.74) is 6.58. The van der Waals surface area contributed by atoms with Gasteiger partial charge in [0.1, 0.15) is 0 Å². The standard InChI is InChI=1S/C12H17BrN2O/c1-2-9(7-14)12(16)15-8-10-5-3-4-6-11(10)13/h3-6,9H,2,7-8,14H2,1H3,(H,15,16). The zero-order chi connectivity index (χ0) is 12.0. The van der Waals surface area contributed by atoms with Crippen molar-refractivity contribution in [2.75, 3.05) is 6.54 Å². The molecule has 3 nitrogen and oxygen atoms in total. The summed E-state index contributed by atoms with van der Waals surface area (Å²) in [5.74, 6) is -0.0526. The zero-order valence-electron chi connectivity index (χ0n) is 9.37. The molecule has 0 radical (unpaired) electrons. The predicted molar refractivity (Wildman–Crippen MR) is 68.8 cm³/mol. The van der Waals surface area contributed by atoms with Gasteiger partial charge < -0.3 is 11.1 Å². The molecule has 0 aromatic heterocycles. The topological polar surface area (TPSA) is 55.1 Å². The van der Waals surface area contributed by atoms with E-state index in [2.05, 4.69) is 21.2 Å². The molecule has 1 unspecified atom stereocenters. The van der Waals surface area contributed by atoms with Crippen LogP contribution >= 0.6 is 15.9 Å². The monoisotopic (exact) mass is 284 g/mol. The van der Waals surface area contributed by atoms with Gasteiger partial charge in [-0.25, -0.2) is 0 Å². The van der Waals surface area contributed by atoms with Gasteiger partial charge in [-0.15, -0.1) is 0 Å². The van der Waals surface area contributed by atoms with E-state index in [1.54, 1.807) is 0 Å². The lowest BCUT2D eigenvalue weighted by Gasteiger charge is -2.13. The molecule has 1 amide bonds. The number of halogens is 1. The van der Waals surface area contributed by atoms with Crippen molar-refractivity contribution in [3.63, 3.8) is 0 Å². The first kappa shape index (κ1) is 13.2. The molecule has 1 aromatic carbocycles. The van der Waals surface area contributed by atoms with Crippen LogP contribution in [-0.2, 0) is 11.3 Å². The summed E-state index contributed by atoms with van der Waals surface area (Å²) in [7, 11) is 0. The average molecular weight is 285 g/mol. The van der Waals surface area contributed by atoms with Gasteiger partial charge in [-0.3, -0.25) is 4.79 Å². The molecule has 3 N–H and O–H groups in total. The van der Waals surface area contributed by atoms with E-state index in [-0.39, 0.29) is 11.8 Å². The Bertz CT molecular complexity index is 351. The summed E-state index contributed by atoms with van der Waals surface area (Å²) >= 11 is 3.44. The zero-order valence-corrected chi connectivity index (χ0v) is 11.0. The minimum absolute atomic E-state index is 0.0285. The number of nitrogens with one attached hydrogen (secondary N) is 1. The van der Waals surface area contributed by atoms with Crippen molar-refractivity contribution in [1.29, 1.82) is 0 Å². The van der Waals surface area contributed by atoms with Gasteiger partial charge in [0.2, 0.25) is 5.91 Å². The molecule has 0 saturated heterocycles. The fraction of sp³-hybridized carbons (Fsp3) is 0.417. The SMILES string of the molecule is CCC(CN)C(=O)NCc1ccccc1Br. The van der Waals surface area contributed by atoms with E-state index in [0.29, 0.717) is 13.1 Å². The van der Waals surface area contributed by atoms with Crippen LogP contribution in [0.1, 0.15) is 18.9 Å². The Balaban J connectivity index is 2.52. The third-order valence-electron chi connectivity index (χ3n) is 2.56. The Morgan fingerprint density at radius 1 is 1.50 bits per heavy atom. The van der Waals surface area contributed by atoms with E-state index in [9.17, 15) is 4.79 Å². The molecule has 0 aliphatic carbocycles. The fourth-order valence-corrected chi connectivity index (χ4v) is 1.85. The highest BCUT2D eigenvalue weighted by molar-refractivity contribution is 9.10. The molecule has 0 aliphatic heterocycles. The molecule has 0 heterocycles. The van der Waals surface area contributed by atoms with Gasteiger partial charge >= 0.3 is 0 Å². The molecule has 0 fully saturated rings. The van der Waals surface area contributed by atoms with E-state index in [4.69, 9.17) is 5.73 Å². The van der Waals surface area contributed by atoms with Crippen molar-refractivity contribution >= 4 is 21.8 Å². The molecule has 1 aromatic rings. The molecule has 16 heavy (non-hydrogen) atoms. The minimum Gasteiger partial charge on any atom is -0.352 e. The maximum Gasteiger partial charge on any atom is 0.224 e. The van der Waals surface area contributed by atoms with E-state index in [1.165, 1.54) is 0 Å². The van der Waals surface area contributed by atoms with Crippen molar-refractivity contribution in [3.8, 4) is 0 Å². The van der Waals surface area contributed by atoms with E-state index in [0.717, 1.165) is 16.5 Å². The quantitative estimate of drug-likeness (QED) is 0.870. The normalized spacial score (nSPS) is 12.2. The lowest BCUT2D eigenvalue weighted by atomic mass is 10.1. The summed E-state index contributed by atoms with van der Waals surface area (Å²) in [4.78, 5) is 11.7. The Morgan fingerprint density at radius 2 is 2.19 bits per heavy atom. The highest BCUT2D eigenvalue weighted by Crippen LogP contribution is 2.15. The fourth-order valence-electron chi connectivity index (χ4n) is 1.43. The summed E-state index contributed by atoms with van der Waals surface area (Å²) in [6.45, 7) is 2.91. The first-order valence-corrected chi connectivity index (χ1v) is 6.19. The van der Waals surface area contributed by atoms with Gasteiger partial charge in [0.05, 0.1) is 0 Å². The van der Waals surface area contributed by atoms with Gasteiger partial charge in [0.15, 0.2) is 0 Å². The number of hydrogen-bond acceptors (Lipinski definition) is 2. The second-order valence-electron chi connectivity index (χ2n) is 3.65. The molecule has 0 spiro atoms. The maximum atomic E-state index is 11.7. The number of amides is 1. The third kappa shape index (κ3) is 3.61. The van der Waals surface area contributed by atoms with Crippen LogP contribution < -0.4 is 11.1 Å². The summed E-state index contributed by atoms with van der Waals surface area (Å²) in [6, 6.07) is 7.84. The molecule has 88 valence electrons. The van der Waals surface area contributed by atoms with Crippen LogP contribution in [-0.4, -0.2) is 12.5 Å². The number of rotatable bonds is 5. The second kappa shape index (κ2) is 6.66. The Hall–Kier alpha value is -0.870. The molecular weight excluding hydrogens is 268 g/mol. The highest BCUT2D eigenvalue weighted by Gasteiger charge is 2.13. The van der Waals surface area contributed by atoms with Crippen molar-refractivity contribution in [2.45, 2.75) is 19.9 Å². The van der Waals surface area contributed by atoms with Gasteiger partial charge in [-0.1, -0.05) is 41.1 Å². The van der Waals surface area contributed by atoms with Crippen molar-refractivity contribution in [2.24, 2.45) is 11.7 Å². The van der Waals surface area contributed by atoms with Crippen molar-refractivity contribution in [3.05, 3.63) is 34.3 Å². The first-order valence-electron chi connectivity index (χ1n) is 5.40. The highest BCUT2D eigenvalue weighted by atomic mass is 79.9. The summed E-state index contributed by atoms with van der Waals surface area (Å²) in [6.07, 6.45) is 0.776. The number of nitrogens with two attached hydrogens (primary N) is 1. The molecule has 0 saturated carbocycles. The van der Waals surface area contributed by atoms with Gasteiger partial charge in [0.25, 0.3) is 0 Å². The number of carbonyl (C=O) groups excluding carboxylic acids is 1. The van der Waals surface area contributed by atoms with E-state index >= 15 is 0 Å². The minimum atomic E-state index is -0.0810. The van der Waals surface area contributed by atoms with Crippen molar-refractivity contribution < 1.29 is 4.79 Å². The largest absolute Gasteiger partial charge is 0.352 e. The van der Waals surface area contributed by atoms with Crippen molar-refractivity contribution in [1.82, 2.24) is 5.32 Å². The first-order chi connectivity index (χ1) is 7.69. The van der Waals surface area contributed by atoms with Crippen LogP contribution in [0.15, 0.2) is 28.7 Å². The summed E-state index contributed by atoms with van der Waals surface area (Å²) in [5, 5.41) is 2.89. The number of hydrogen-bond donors (Lipinski definition) is 2. The van der Waals surface area contributed by atoms with Crippen LogP contribution in [0.2, 0.25) is 0 Å². The van der Waals surface area contributed by atoms with E-state index < -0.39 is 0 Å². The van der Waals surface area contributed by atoms with E-state index in [1.807, 2.05) is 31.2 Å². The lowest BCUT2D eigenvalue weighted by Crippen LogP contribution is -2.34. The summed E-state index contributed by atoms with van der Waals surface area (Å²) < 4.78 is 1.01. The number of benzene rings is 1. The van der Waals surface area contributed by atoms with Gasteiger partial charge in [0, 0.05) is 23.5 Å². The van der Waals surface area contributed by atoms with Crippen LogP contribution in [0.5, 0.6) is 0 Å². The Labute approximate surface area is 105 Å². The second-order valence-corrected chi connectivity index (χ2v) is 4.50.